The fourth-order valence-electron chi connectivity index (χ4n) is 2.74. The number of carbonyl (C=O) groups excluding carboxylic acids is 2. The van der Waals surface area contributed by atoms with E-state index < -0.39 is 11.9 Å². The standard InChI is InChI=1S/C18H24N2O4/c1-13(18(23)24)11-14-6-8-15(9-7-14)19-16(21)12-20-10-4-2-3-5-17(20)22/h6-9,13H,2-5,10-12H2,1H3,(H,19,21)(H,23,24)/t13-/m1/s1. The summed E-state index contributed by atoms with van der Waals surface area (Å²) in [5.74, 6) is -1.44. The molecule has 0 aliphatic carbocycles. The first kappa shape index (κ1) is 18.0. The lowest BCUT2D eigenvalue weighted by atomic mass is 10.0. The van der Waals surface area contributed by atoms with Gasteiger partial charge in [-0.15, -0.1) is 0 Å². The maximum absolute atomic E-state index is 12.1. The Bertz CT molecular complexity index is 598. The Labute approximate surface area is 141 Å². The minimum Gasteiger partial charge on any atom is -0.481 e. The van der Waals surface area contributed by atoms with Crippen molar-refractivity contribution in [2.75, 3.05) is 18.4 Å². The number of carboxylic acids is 1. The molecule has 0 aromatic heterocycles. The molecule has 1 heterocycles. The molecule has 0 spiro atoms. The first-order valence-electron chi connectivity index (χ1n) is 8.35. The second-order valence-corrected chi connectivity index (χ2v) is 6.31. The summed E-state index contributed by atoms with van der Waals surface area (Å²) in [4.78, 5) is 36.5. The van der Waals surface area contributed by atoms with Gasteiger partial charge in [0.05, 0.1) is 12.5 Å². The molecule has 2 rings (SSSR count). The van der Waals surface area contributed by atoms with Crippen molar-refractivity contribution in [2.24, 2.45) is 5.92 Å². The maximum Gasteiger partial charge on any atom is 0.306 e. The number of carboxylic acid groups (broad SMARTS) is 1. The number of nitrogens with zero attached hydrogens (tertiary/aromatic N) is 1. The van der Waals surface area contributed by atoms with Gasteiger partial charge in [0.2, 0.25) is 11.8 Å². The number of rotatable bonds is 6. The van der Waals surface area contributed by atoms with Gasteiger partial charge in [-0.1, -0.05) is 25.5 Å². The smallest absolute Gasteiger partial charge is 0.306 e. The Morgan fingerprint density at radius 2 is 1.92 bits per heavy atom. The topological polar surface area (TPSA) is 86.7 Å². The van der Waals surface area contributed by atoms with Crippen LogP contribution in [0.2, 0.25) is 0 Å². The van der Waals surface area contributed by atoms with E-state index >= 15 is 0 Å². The molecule has 130 valence electrons. The highest BCUT2D eigenvalue weighted by Crippen LogP contribution is 2.14. The molecule has 2 amide bonds. The van der Waals surface area contributed by atoms with Crippen molar-refractivity contribution in [3.63, 3.8) is 0 Å². The molecule has 1 atom stereocenters. The Kier molecular flexibility index (Phi) is 6.35. The van der Waals surface area contributed by atoms with Crippen LogP contribution >= 0.6 is 0 Å². The third-order valence-corrected chi connectivity index (χ3v) is 4.21. The van der Waals surface area contributed by atoms with Gasteiger partial charge < -0.3 is 15.3 Å². The Hall–Kier alpha value is -2.37. The van der Waals surface area contributed by atoms with Gasteiger partial charge >= 0.3 is 5.97 Å². The Morgan fingerprint density at radius 3 is 2.58 bits per heavy atom. The van der Waals surface area contributed by atoms with Crippen molar-refractivity contribution < 1.29 is 19.5 Å². The second-order valence-electron chi connectivity index (χ2n) is 6.31. The molecular formula is C18H24N2O4. The summed E-state index contributed by atoms with van der Waals surface area (Å²) in [5, 5.41) is 11.7. The summed E-state index contributed by atoms with van der Waals surface area (Å²) in [6, 6.07) is 7.14. The van der Waals surface area contributed by atoms with E-state index in [1.54, 1.807) is 24.0 Å². The first-order valence-corrected chi connectivity index (χ1v) is 8.35. The number of benzene rings is 1. The number of hydrogen-bond donors (Lipinski definition) is 2. The third-order valence-electron chi connectivity index (χ3n) is 4.21. The number of amides is 2. The predicted molar refractivity (Wildman–Crippen MR) is 90.6 cm³/mol. The lowest BCUT2D eigenvalue weighted by Gasteiger charge is -2.19. The van der Waals surface area contributed by atoms with Gasteiger partial charge in [0.15, 0.2) is 0 Å². The number of anilines is 1. The van der Waals surface area contributed by atoms with Crippen LogP contribution in [-0.2, 0) is 20.8 Å². The van der Waals surface area contributed by atoms with Crippen LogP contribution in [0.25, 0.3) is 0 Å². The van der Waals surface area contributed by atoms with Crippen molar-refractivity contribution in [2.45, 2.75) is 39.0 Å². The summed E-state index contributed by atoms with van der Waals surface area (Å²) >= 11 is 0. The zero-order chi connectivity index (χ0) is 17.5. The Balaban J connectivity index is 1.87. The van der Waals surface area contributed by atoms with E-state index in [2.05, 4.69) is 5.32 Å². The van der Waals surface area contributed by atoms with Crippen LogP contribution in [0.5, 0.6) is 0 Å². The largest absolute Gasteiger partial charge is 0.481 e. The molecule has 6 heteroatoms. The van der Waals surface area contributed by atoms with E-state index in [1.807, 2.05) is 12.1 Å². The summed E-state index contributed by atoms with van der Waals surface area (Å²) < 4.78 is 0. The van der Waals surface area contributed by atoms with E-state index in [0.29, 0.717) is 25.1 Å². The molecule has 24 heavy (non-hydrogen) atoms. The van der Waals surface area contributed by atoms with Gasteiger partial charge in [-0.05, 0) is 37.0 Å². The van der Waals surface area contributed by atoms with Crippen molar-refractivity contribution in [3.8, 4) is 0 Å². The summed E-state index contributed by atoms with van der Waals surface area (Å²) in [6.07, 6.45) is 3.83. The van der Waals surface area contributed by atoms with Crippen LogP contribution in [0.1, 0.15) is 38.2 Å². The average molecular weight is 332 g/mol. The first-order chi connectivity index (χ1) is 11.5. The van der Waals surface area contributed by atoms with Gasteiger partial charge in [-0.3, -0.25) is 14.4 Å². The number of aliphatic carboxylic acids is 1. The number of likely N-dealkylation sites (tertiary alicyclic amines) is 1. The van der Waals surface area contributed by atoms with Crippen LogP contribution in [0, 0.1) is 5.92 Å². The summed E-state index contributed by atoms with van der Waals surface area (Å²) in [6.45, 7) is 2.38. The highest BCUT2D eigenvalue weighted by Gasteiger charge is 2.19. The molecule has 0 radical (unpaired) electrons. The van der Waals surface area contributed by atoms with Crippen LogP contribution in [-0.4, -0.2) is 40.9 Å². The number of carbonyl (C=O) groups is 3. The molecular weight excluding hydrogens is 308 g/mol. The van der Waals surface area contributed by atoms with Gasteiger partial charge in [0.25, 0.3) is 0 Å². The second kappa shape index (κ2) is 8.47. The minimum absolute atomic E-state index is 0.0423. The van der Waals surface area contributed by atoms with Gasteiger partial charge in [0.1, 0.15) is 0 Å². The minimum atomic E-state index is -0.825. The van der Waals surface area contributed by atoms with Crippen LogP contribution in [0.3, 0.4) is 0 Å². The number of nitrogens with one attached hydrogen (secondary N) is 1. The quantitative estimate of drug-likeness (QED) is 0.837. The molecule has 1 aromatic rings. The van der Waals surface area contributed by atoms with Gasteiger partial charge in [-0.25, -0.2) is 0 Å². The van der Waals surface area contributed by atoms with Gasteiger partial charge in [0, 0.05) is 18.7 Å². The molecule has 1 saturated heterocycles. The highest BCUT2D eigenvalue weighted by atomic mass is 16.4. The van der Waals surface area contributed by atoms with Crippen molar-refractivity contribution in [3.05, 3.63) is 29.8 Å². The normalized spacial score (nSPS) is 16.4. The molecule has 6 nitrogen and oxygen atoms in total. The predicted octanol–water partition coefficient (Wildman–Crippen LogP) is 2.29. The molecule has 0 saturated carbocycles. The fraction of sp³-hybridized carbons (Fsp3) is 0.500. The monoisotopic (exact) mass is 332 g/mol. The van der Waals surface area contributed by atoms with E-state index in [4.69, 9.17) is 5.11 Å². The third kappa shape index (κ3) is 5.37. The number of hydrogen-bond acceptors (Lipinski definition) is 3. The van der Waals surface area contributed by atoms with Gasteiger partial charge in [-0.2, -0.15) is 0 Å². The summed E-state index contributed by atoms with van der Waals surface area (Å²) in [7, 11) is 0. The summed E-state index contributed by atoms with van der Waals surface area (Å²) in [5.41, 5.74) is 1.56. The van der Waals surface area contributed by atoms with Crippen LogP contribution < -0.4 is 5.32 Å². The molecule has 2 N–H and O–H groups in total. The van der Waals surface area contributed by atoms with E-state index in [1.165, 1.54) is 0 Å². The highest BCUT2D eigenvalue weighted by molar-refractivity contribution is 5.94. The Morgan fingerprint density at radius 1 is 1.21 bits per heavy atom. The van der Waals surface area contributed by atoms with E-state index in [-0.39, 0.29) is 18.4 Å². The zero-order valence-corrected chi connectivity index (χ0v) is 14.0. The van der Waals surface area contributed by atoms with Crippen molar-refractivity contribution in [1.82, 2.24) is 4.90 Å². The zero-order valence-electron chi connectivity index (χ0n) is 14.0. The lowest BCUT2D eigenvalue weighted by molar-refractivity contribution is -0.141. The molecule has 1 fully saturated rings. The van der Waals surface area contributed by atoms with Crippen LogP contribution in [0.15, 0.2) is 24.3 Å². The van der Waals surface area contributed by atoms with Crippen molar-refractivity contribution in [1.29, 1.82) is 0 Å². The maximum atomic E-state index is 12.1. The van der Waals surface area contributed by atoms with E-state index in [9.17, 15) is 14.4 Å². The molecule has 1 aliphatic rings. The van der Waals surface area contributed by atoms with Crippen LogP contribution in [0.4, 0.5) is 5.69 Å². The van der Waals surface area contributed by atoms with Crippen molar-refractivity contribution >= 4 is 23.5 Å². The lowest BCUT2D eigenvalue weighted by Crippen LogP contribution is -2.37. The molecule has 1 aliphatic heterocycles. The fourth-order valence-corrected chi connectivity index (χ4v) is 2.74. The van der Waals surface area contributed by atoms with E-state index in [0.717, 1.165) is 24.8 Å². The SMILES string of the molecule is C[C@H](Cc1ccc(NC(=O)CN2CCCCCC2=O)cc1)C(=O)O. The molecule has 1 aromatic carbocycles. The average Bonchev–Trinajstić information content (AvgIpc) is 2.74. The molecule has 0 unspecified atom stereocenters. The molecule has 0 bridgehead atoms.